The summed E-state index contributed by atoms with van der Waals surface area (Å²) in [5.74, 6) is 0.703. The fourth-order valence-electron chi connectivity index (χ4n) is 3.93. The number of piperidine rings is 1. The first-order chi connectivity index (χ1) is 12.6. The van der Waals surface area contributed by atoms with E-state index in [1.807, 2.05) is 13.8 Å². The molecule has 26 heavy (non-hydrogen) atoms. The second-order valence-corrected chi connectivity index (χ2v) is 7.41. The lowest BCUT2D eigenvalue weighted by atomic mass is 9.80. The highest BCUT2D eigenvalue weighted by molar-refractivity contribution is 5.76. The Morgan fingerprint density at radius 3 is 3.00 bits per heavy atom. The first-order valence-corrected chi connectivity index (χ1v) is 9.55. The molecule has 2 atom stereocenters. The van der Waals surface area contributed by atoms with Gasteiger partial charge in [-0.15, -0.1) is 0 Å². The number of rotatable bonds is 6. The van der Waals surface area contributed by atoms with E-state index in [0.717, 1.165) is 44.4 Å². The van der Waals surface area contributed by atoms with Gasteiger partial charge in [-0.25, -0.2) is 0 Å². The zero-order valence-corrected chi connectivity index (χ0v) is 15.8. The lowest BCUT2D eigenvalue weighted by Crippen LogP contribution is -2.51. The van der Waals surface area contributed by atoms with E-state index in [9.17, 15) is 4.79 Å². The van der Waals surface area contributed by atoms with Gasteiger partial charge in [-0.2, -0.15) is 0 Å². The van der Waals surface area contributed by atoms with Crippen molar-refractivity contribution in [3.63, 3.8) is 0 Å². The van der Waals surface area contributed by atoms with Crippen LogP contribution < -0.4 is 0 Å². The van der Waals surface area contributed by atoms with Gasteiger partial charge >= 0.3 is 5.97 Å². The predicted octanol–water partition coefficient (Wildman–Crippen LogP) is 4.05. The van der Waals surface area contributed by atoms with Crippen LogP contribution in [0.4, 0.5) is 0 Å². The molecule has 0 aromatic carbocycles. The molecule has 0 bridgehead atoms. The van der Waals surface area contributed by atoms with Crippen LogP contribution >= 0.6 is 0 Å². The maximum atomic E-state index is 12.5. The average molecular weight is 359 g/mol. The normalized spacial score (nSPS) is 27.0. The molecule has 0 N–H and O–H groups in total. The first-order valence-electron chi connectivity index (χ1n) is 9.55. The van der Waals surface area contributed by atoms with Crippen LogP contribution in [0.3, 0.4) is 0 Å². The topological polar surface area (TPSA) is 48.0 Å². The van der Waals surface area contributed by atoms with E-state index < -0.39 is 5.41 Å². The Morgan fingerprint density at radius 2 is 2.31 bits per heavy atom. The molecule has 0 amide bonds. The second-order valence-electron chi connectivity index (χ2n) is 7.41. The lowest BCUT2D eigenvalue weighted by Gasteiger charge is -2.43. The summed E-state index contributed by atoms with van der Waals surface area (Å²) < 4.78 is 16.5. The third-order valence-electron chi connectivity index (χ3n) is 5.34. The van der Waals surface area contributed by atoms with E-state index in [0.29, 0.717) is 13.2 Å². The van der Waals surface area contributed by atoms with Gasteiger partial charge in [-0.05, 0) is 52.5 Å². The zero-order chi connectivity index (χ0) is 18.4. The van der Waals surface area contributed by atoms with Gasteiger partial charge < -0.3 is 14.2 Å². The highest BCUT2D eigenvalue weighted by Crippen LogP contribution is 2.35. The molecule has 1 saturated heterocycles. The fourth-order valence-corrected chi connectivity index (χ4v) is 3.93. The second kappa shape index (κ2) is 8.58. The molecular weight excluding hydrogens is 330 g/mol. The van der Waals surface area contributed by atoms with Crippen molar-refractivity contribution in [2.75, 3.05) is 19.7 Å². The largest absolute Gasteiger partial charge is 0.466 e. The average Bonchev–Trinajstić information content (AvgIpc) is 2.68. The molecule has 5 heteroatoms. The van der Waals surface area contributed by atoms with Gasteiger partial charge in [0, 0.05) is 6.54 Å². The molecule has 0 saturated carbocycles. The molecule has 0 spiro atoms. The monoisotopic (exact) mass is 359 g/mol. The highest BCUT2D eigenvalue weighted by atomic mass is 16.5. The Morgan fingerprint density at radius 1 is 1.42 bits per heavy atom. The van der Waals surface area contributed by atoms with E-state index in [2.05, 4.69) is 23.1 Å². The molecule has 3 rings (SSSR count). The number of esters is 1. The summed E-state index contributed by atoms with van der Waals surface area (Å²) in [5.41, 5.74) is 0.930. The molecule has 0 aromatic rings. The Balaban J connectivity index is 1.78. The van der Waals surface area contributed by atoms with Crippen LogP contribution in [0.15, 0.2) is 48.3 Å². The zero-order valence-electron chi connectivity index (χ0n) is 15.8. The quantitative estimate of drug-likeness (QED) is 0.670. The Kier molecular flexibility index (Phi) is 6.20. The molecular formula is C21H29NO4. The minimum absolute atomic E-state index is 0.0618. The van der Waals surface area contributed by atoms with Crippen molar-refractivity contribution < 1.29 is 19.0 Å². The number of carbonyl (C=O) groups excluding carboxylic acids is 1. The molecule has 142 valence electrons. The SMILES string of the molecule is CCOC(=O)C1(C)CCCN(C(CC2=CC=CCC2)C2=COC=CO2)C1. The number of carbonyl (C=O) groups is 1. The molecule has 5 nitrogen and oxygen atoms in total. The number of hydrogen-bond donors (Lipinski definition) is 0. The van der Waals surface area contributed by atoms with Crippen LogP contribution in [0.1, 0.15) is 46.0 Å². The third kappa shape index (κ3) is 4.39. The third-order valence-corrected chi connectivity index (χ3v) is 5.34. The van der Waals surface area contributed by atoms with Gasteiger partial charge in [-0.1, -0.05) is 23.8 Å². The molecule has 2 aliphatic heterocycles. The van der Waals surface area contributed by atoms with Gasteiger partial charge in [0.05, 0.1) is 18.1 Å². The van der Waals surface area contributed by atoms with Crippen LogP contribution in [-0.4, -0.2) is 36.6 Å². The minimum Gasteiger partial charge on any atom is -0.466 e. The number of hydrogen-bond acceptors (Lipinski definition) is 5. The highest BCUT2D eigenvalue weighted by Gasteiger charge is 2.42. The summed E-state index contributed by atoms with van der Waals surface area (Å²) in [6.45, 7) is 5.91. The van der Waals surface area contributed by atoms with Crippen LogP contribution in [-0.2, 0) is 19.0 Å². The molecule has 2 heterocycles. The summed E-state index contributed by atoms with van der Waals surface area (Å²) in [6.07, 6.45) is 16.2. The van der Waals surface area contributed by atoms with Crippen molar-refractivity contribution in [1.29, 1.82) is 0 Å². The van der Waals surface area contributed by atoms with Crippen molar-refractivity contribution in [2.24, 2.45) is 5.41 Å². The molecule has 0 aromatic heterocycles. The Hall–Kier alpha value is -2.01. The van der Waals surface area contributed by atoms with Crippen LogP contribution in [0.5, 0.6) is 0 Å². The van der Waals surface area contributed by atoms with Crippen molar-refractivity contribution in [3.05, 3.63) is 48.3 Å². The van der Waals surface area contributed by atoms with Gasteiger partial charge in [0.15, 0.2) is 5.76 Å². The fraction of sp³-hybridized carbons (Fsp3) is 0.571. The maximum absolute atomic E-state index is 12.5. The molecule has 1 aliphatic carbocycles. The minimum atomic E-state index is -0.473. The van der Waals surface area contributed by atoms with Gasteiger partial charge in [0.25, 0.3) is 0 Å². The number of ether oxygens (including phenoxy) is 3. The van der Waals surface area contributed by atoms with Gasteiger partial charge in [0.1, 0.15) is 18.8 Å². The Labute approximate surface area is 156 Å². The molecule has 3 aliphatic rings. The summed E-state index contributed by atoms with van der Waals surface area (Å²) >= 11 is 0. The van der Waals surface area contributed by atoms with Crippen molar-refractivity contribution in [3.8, 4) is 0 Å². The standard InChI is InChI=1S/C21H29NO4/c1-3-25-20(23)21(2)10-7-11-22(16-21)18(19-15-24-12-13-26-19)14-17-8-5-4-6-9-17/h4-5,8,12-13,15,18H,3,6-7,9-11,14,16H2,1-2H3. The predicted molar refractivity (Wildman–Crippen MR) is 99.8 cm³/mol. The van der Waals surface area contributed by atoms with Crippen LogP contribution in [0.2, 0.25) is 0 Å². The van der Waals surface area contributed by atoms with E-state index in [4.69, 9.17) is 14.2 Å². The van der Waals surface area contributed by atoms with E-state index in [1.165, 1.54) is 11.8 Å². The molecule has 0 radical (unpaired) electrons. The van der Waals surface area contributed by atoms with Crippen LogP contribution in [0, 0.1) is 5.41 Å². The maximum Gasteiger partial charge on any atom is 0.313 e. The first kappa shape index (κ1) is 18.8. The Bertz CT molecular complexity index is 634. The van der Waals surface area contributed by atoms with E-state index in [1.54, 1.807) is 12.5 Å². The molecule has 2 unspecified atom stereocenters. The van der Waals surface area contributed by atoms with E-state index >= 15 is 0 Å². The number of nitrogens with zero attached hydrogens (tertiary/aromatic N) is 1. The number of allylic oxidation sites excluding steroid dienone is 3. The van der Waals surface area contributed by atoms with Gasteiger partial charge in [-0.3, -0.25) is 9.69 Å². The lowest BCUT2D eigenvalue weighted by molar-refractivity contribution is -0.158. The smallest absolute Gasteiger partial charge is 0.313 e. The summed E-state index contributed by atoms with van der Waals surface area (Å²) in [6, 6.07) is 0.0618. The summed E-state index contributed by atoms with van der Waals surface area (Å²) in [7, 11) is 0. The van der Waals surface area contributed by atoms with Crippen molar-refractivity contribution in [1.82, 2.24) is 4.90 Å². The summed E-state index contributed by atoms with van der Waals surface area (Å²) in [5, 5.41) is 0. The van der Waals surface area contributed by atoms with Crippen molar-refractivity contribution >= 4 is 5.97 Å². The molecule has 1 fully saturated rings. The van der Waals surface area contributed by atoms with Crippen molar-refractivity contribution in [2.45, 2.75) is 52.0 Å². The number of likely N-dealkylation sites (tertiary alicyclic amines) is 1. The van der Waals surface area contributed by atoms with Crippen LogP contribution in [0.25, 0.3) is 0 Å². The van der Waals surface area contributed by atoms with E-state index in [-0.39, 0.29) is 12.0 Å². The van der Waals surface area contributed by atoms with Gasteiger partial charge in [0.2, 0.25) is 0 Å². The summed E-state index contributed by atoms with van der Waals surface area (Å²) in [4.78, 5) is 14.9.